The Morgan fingerprint density at radius 2 is 2.31 bits per heavy atom. The second-order valence-electron chi connectivity index (χ2n) is 3.23. The minimum atomic E-state index is -0.248. The molecule has 0 atom stereocenters. The lowest BCUT2D eigenvalue weighted by Crippen LogP contribution is -2.13. The van der Waals surface area contributed by atoms with Crippen molar-refractivity contribution in [3.05, 3.63) is 46.5 Å². The number of furan rings is 1. The molecule has 1 amide bonds. The van der Waals surface area contributed by atoms with Crippen LogP contribution in [0.1, 0.15) is 15.9 Å². The number of nitrogens with one attached hydrogen (secondary N) is 1. The second kappa shape index (κ2) is 4.49. The molecule has 0 aromatic carbocycles. The smallest absolute Gasteiger partial charge is 0.261 e. The van der Waals surface area contributed by atoms with Gasteiger partial charge in [-0.1, -0.05) is 6.07 Å². The van der Waals surface area contributed by atoms with Crippen LogP contribution in [0.5, 0.6) is 0 Å². The molecule has 0 aliphatic heterocycles. The highest BCUT2D eigenvalue weighted by Crippen LogP contribution is 2.19. The Morgan fingerprint density at radius 3 is 2.94 bits per heavy atom. The number of aryl methyl sites for hydroxylation is 1. The number of nitrogens with zero attached hydrogens (tertiary/aromatic N) is 1. The van der Waals surface area contributed by atoms with E-state index in [1.807, 2.05) is 19.1 Å². The maximum atomic E-state index is 11.8. The van der Waals surface area contributed by atoms with E-state index in [2.05, 4.69) is 26.2 Å². The standard InChI is InChI=1S/C11H9BrN2O2/c1-7-3-2-5-13-10(7)14-11(15)8-4-6-16-9(8)12/h2-6H,1H3,(H,13,14,15). The molecule has 2 aromatic heterocycles. The number of rotatable bonds is 2. The van der Waals surface area contributed by atoms with E-state index in [0.29, 0.717) is 16.1 Å². The molecular weight excluding hydrogens is 272 g/mol. The molecule has 1 N–H and O–H groups in total. The molecule has 82 valence electrons. The number of aromatic nitrogens is 1. The van der Waals surface area contributed by atoms with Gasteiger partial charge in [0.2, 0.25) is 0 Å². The predicted molar refractivity (Wildman–Crippen MR) is 63.3 cm³/mol. The fourth-order valence-corrected chi connectivity index (χ4v) is 1.67. The van der Waals surface area contributed by atoms with Crippen molar-refractivity contribution in [2.24, 2.45) is 0 Å². The number of pyridine rings is 1. The minimum Gasteiger partial charge on any atom is -0.457 e. The second-order valence-corrected chi connectivity index (χ2v) is 3.95. The van der Waals surface area contributed by atoms with Crippen LogP contribution in [0.2, 0.25) is 0 Å². The molecule has 0 saturated heterocycles. The highest BCUT2D eigenvalue weighted by molar-refractivity contribution is 9.10. The van der Waals surface area contributed by atoms with Crippen molar-refractivity contribution in [1.29, 1.82) is 0 Å². The fourth-order valence-electron chi connectivity index (χ4n) is 1.25. The first-order valence-corrected chi connectivity index (χ1v) is 5.44. The maximum Gasteiger partial charge on any atom is 0.261 e. The topological polar surface area (TPSA) is 55.1 Å². The lowest BCUT2D eigenvalue weighted by molar-refractivity contribution is 0.102. The lowest BCUT2D eigenvalue weighted by atomic mass is 10.2. The molecule has 0 radical (unpaired) electrons. The maximum absolute atomic E-state index is 11.8. The van der Waals surface area contributed by atoms with E-state index in [0.717, 1.165) is 5.56 Å². The SMILES string of the molecule is Cc1cccnc1NC(=O)c1ccoc1Br. The summed E-state index contributed by atoms with van der Waals surface area (Å²) in [6.07, 6.45) is 3.08. The molecule has 0 fully saturated rings. The number of amides is 1. The van der Waals surface area contributed by atoms with E-state index in [1.54, 1.807) is 12.3 Å². The molecule has 0 aliphatic rings. The van der Waals surface area contributed by atoms with Gasteiger partial charge in [-0.15, -0.1) is 0 Å². The largest absolute Gasteiger partial charge is 0.457 e. The van der Waals surface area contributed by atoms with E-state index in [-0.39, 0.29) is 5.91 Å². The van der Waals surface area contributed by atoms with Gasteiger partial charge >= 0.3 is 0 Å². The Kier molecular flexibility index (Phi) is 3.05. The van der Waals surface area contributed by atoms with Gasteiger partial charge in [-0.05, 0) is 40.5 Å². The first-order valence-electron chi connectivity index (χ1n) is 4.64. The first-order chi connectivity index (χ1) is 7.68. The summed E-state index contributed by atoms with van der Waals surface area (Å²) < 4.78 is 5.40. The molecule has 2 rings (SSSR count). The molecule has 16 heavy (non-hydrogen) atoms. The number of carbonyl (C=O) groups excluding carboxylic acids is 1. The first kappa shape index (κ1) is 10.9. The van der Waals surface area contributed by atoms with Crippen molar-refractivity contribution in [3.8, 4) is 0 Å². The zero-order valence-corrected chi connectivity index (χ0v) is 10.1. The number of carbonyl (C=O) groups is 1. The van der Waals surface area contributed by atoms with Gasteiger partial charge in [0.1, 0.15) is 5.82 Å². The molecule has 2 heterocycles. The average molecular weight is 281 g/mol. The Bertz CT molecular complexity index is 522. The molecule has 0 spiro atoms. The molecule has 5 heteroatoms. The zero-order chi connectivity index (χ0) is 11.5. The summed E-state index contributed by atoms with van der Waals surface area (Å²) in [5.74, 6) is 0.308. The van der Waals surface area contributed by atoms with Crippen LogP contribution < -0.4 is 5.32 Å². The van der Waals surface area contributed by atoms with Crippen LogP contribution in [-0.2, 0) is 0 Å². The van der Waals surface area contributed by atoms with Crippen LogP contribution in [0.15, 0.2) is 39.7 Å². The van der Waals surface area contributed by atoms with Gasteiger partial charge in [-0.25, -0.2) is 4.98 Å². The van der Waals surface area contributed by atoms with E-state index in [4.69, 9.17) is 4.42 Å². The van der Waals surface area contributed by atoms with Crippen LogP contribution in [0, 0.1) is 6.92 Å². The van der Waals surface area contributed by atoms with Gasteiger partial charge in [0.05, 0.1) is 11.8 Å². The number of anilines is 1. The third-order valence-corrected chi connectivity index (χ3v) is 2.72. The Hall–Kier alpha value is -1.62. The third kappa shape index (κ3) is 2.14. The van der Waals surface area contributed by atoms with E-state index >= 15 is 0 Å². The van der Waals surface area contributed by atoms with Crippen LogP contribution in [0.25, 0.3) is 0 Å². The summed E-state index contributed by atoms with van der Waals surface area (Å²) in [7, 11) is 0. The lowest BCUT2D eigenvalue weighted by Gasteiger charge is -2.05. The molecule has 0 bridgehead atoms. The number of halogens is 1. The molecule has 0 unspecified atom stereocenters. The van der Waals surface area contributed by atoms with Crippen LogP contribution in [-0.4, -0.2) is 10.9 Å². The van der Waals surface area contributed by atoms with Crippen LogP contribution in [0.3, 0.4) is 0 Å². The highest BCUT2D eigenvalue weighted by Gasteiger charge is 2.13. The van der Waals surface area contributed by atoms with Gasteiger partial charge < -0.3 is 9.73 Å². The monoisotopic (exact) mass is 280 g/mol. The van der Waals surface area contributed by atoms with Gasteiger partial charge in [0.25, 0.3) is 5.91 Å². The zero-order valence-electron chi connectivity index (χ0n) is 8.53. The Labute approximate surface area is 101 Å². The summed E-state index contributed by atoms with van der Waals surface area (Å²) in [5.41, 5.74) is 1.36. The molecule has 2 aromatic rings. The van der Waals surface area contributed by atoms with Gasteiger partial charge in [-0.3, -0.25) is 4.79 Å². The van der Waals surface area contributed by atoms with Crippen LogP contribution >= 0.6 is 15.9 Å². The van der Waals surface area contributed by atoms with Crippen molar-refractivity contribution in [3.63, 3.8) is 0 Å². The van der Waals surface area contributed by atoms with Crippen molar-refractivity contribution in [2.75, 3.05) is 5.32 Å². The average Bonchev–Trinajstić information content (AvgIpc) is 2.68. The van der Waals surface area contributed by atoms with E-state index in [1.165, 1.54) is 6.26 Å². The normalized spacial score (nSPS) is 10.1. The van der Waals surface area contributed by atoms with Crippen molar-refractivity contribution in [2.45, 2.75) is 6.92 Å². The van der Waals surface area contributed by atoms with E-state index in [9.17, 15) is 4.79 Å². The van der Waals surface area contributed by atoms with Crippen LogP contribution in [0.4, 0.5) is 5.82 Å². The summed E-state index contributed by atoms with van der Waals surface area (Å²) in [6, 6.07) is 5.30. The Balaban J connectivity index is 2.21. The molecule has 0 aliphatic carbocycles. The van der Waals surface area contributed by atoms with Crippen molar-refractivity contribution >= 4 is 27.7 Å². The Morgan fingerprint density at radius 1 is 1.50 bits per heavy atom. The molecule has 4 nitrogen and oxygen atoms in total. The summed E-state index contributed by atoms with van der Waals surface area (Å²) in [4.78, 5) is 15.9. The molecule has 0 saturated carbocycles. The molecular formula is C11H9BrN2O2. The summed E-state index contributed by atoms with van der Waals surface area (Å²) in [5, 5.41) is 2.71. The van der Waals surface area contributed by atoms with Gasteiger partial charge in [0, 0.05) is 6.20 Å². The fraction of sp³-hybridized carbons (Fsp3) is 0.0909. The number of hydrogen-bond donors (Lipinski definition) is 1. The number of hydrogen-bond acceptors (Lipinski definition) is 3. The summed E-state index contributed by atoms with van der Waals surface area (Å²) >= 11 is 3.15. The summed E-state index contributed by atoms with van der Waals surface area (Å²) in [6.45, 7) is 1.88. The van der Waals surface area contributed by atoms with Crippen molar-refractivity contribution in [1.82, 2.24) is 4.98 Å². The predicted octanol–water partition coefficient (Wildman–Crippen LogP) is 3.00. The van der Waals surface area contributed by atoms with Gasteiger partial charge in [0.15, 0.2) is 4.67 Å². The highest BCUT2D eigenvalue weighted by atomic mass is 79.9. The quantitative estimate of drug-likeness (QED) is 0.920. The third-order valence-electron chi connectivity index (χ3n) is 2.10. The van der Waals surface area contributed by atoms with Gasteiger partial charge in [-0.2, -0.15) is 0 Å². The van der Waals surface area contributed by atoms with E-state index < -0.39 is 0 Å². The van der Waals surface area contributed by atoms with Crippen molar-refractivity contribution < 1.29 is 9.21 Å². The minimum absolute atomic E-state index is 0.248.